The van der Waals surface area contributed by atoms with E-state index in [4.69, 9.17) is 22.3 Å². The van der Waals surface area contributed by atoms with Crippen LogP contribution in [0.3, 0.4) is 0 Å². The van der Waals surface area contributed by atoms with Gasteiger partial charge in [0.2, 0.25) is 5.91 Å². The number of hydrogen-bond acceptors (Lipinski definition) is 3. The van der Waals surface area contributed by atoms with E-state index in [0.29, 0.717) is 16.4 Å². The lowest BCUT2D eigenvalue weighted by atomic mass is 10.1. The Kier molecular flexibility index (Phi) is 5.27. The van der Waals surface area contributed by atoms with Crippen molar-refractivity contribution in [3.8, 4) is 11.3 Å². The van der Waals surface area contributed by atoms with Gasteiger partial charge in [0.1, 0.15) is 0 Å². The number of carbonyl (C=O) groups is 1. The van der Waals surface area contributed by atoms with Crippen LogP contribution in [-0.4, -0.2) is 10.9 Å². The van der Waals surface area contributed by atoms with Crippen molar-refractivity contribution < 1.29 is 4.79 Å². The Morgan fingerprint density at radius 1 is 0.966 bits per heavy atom. The van der Waals surface area contributed by atoms with E-state index in [-0.39, 0.29) is 5.91 Å². The first-order valence-electron chi connectivity index (χ1n) is 9.09. The van der Waals surface area contributed by atoms with Crippen molar-refractivity contribution in [1.82, 2.24) is 4.98 Å². The molecule has 4 nitrogen and oxygen atoms in total. The summed E-state index contributed by atoms with van der Waals surface area (Å²) < 4.78 is 0. The van der Waals surface area contributed by atoms with E-state index in [1.54, 1.807) is 18.2 Å². The Bertz CT molecular complexity index is 1200. The number of nitrogens with zero attached hydrogens (tertiary/aromatic N) is 1. The van der Waals surface area contributed by atoms with Gasteiger partial charge in [-0.05, 0) is 48.0 Å². The fourth-order valence-electron chi connectivity index (χ4n) is 3.02. The summed E-state index contributed by atoms with van der Waals surface area (Å²) >= 11 is 5.87. The van der Waals surface area contributed by atoms with Crippen LogP contribution in [0.4, 0.5) is 11.4 Å². The predicted molar refractivity (Wildman–Crippen MR) is 121 cm³/mol. The molecule has 5 heteroatoms. The lowest BCUT2D eigenvalue weighted by molar-refractivity contribution is -0.111. The number of rotatable bonds is 4. The Balaban J connectivity index is 1.55. The van der Waals surface area contributed by atoms with Crippen LogP contribution in [-0.2, 0) is 4.79 Å². The summed E-state index contributed by atoms with van der Waals surface area (Å²) in [5.41, 5.74) is 11.0. The minimum absolute atomic E-state index is 0.230. The SMILES string of the molecule is Nc1cc(-c2ccccc2)nc2ccc(NC(=O)C=Cc3ccc(Cl)cc3)cc12. The topological polar surface area (TPSA) is 68.0 Å². The Morgan fingerprint density at radius 2 is 1.72 bits per heavy atom. The third-order valence-corrected chi connectivity index (χ3v) is 4.73. The summed E-state index contributed by atoms with van der Waals surface area (Å²) in [7, 11) is 0. The molecular weight excluding hydrogens is 382 g/mol. The molecule has 1 heterocycles. The summed E-state index contributed by atoms with van der Waals surface area (Å²) in [4.78, 5) is 16.9. The molecule has 0 bridgehead atoms. The van der Waals surface area contributed by atoms with Gasteiger partial charge in [0.25, 0.3) is 0 Å². The second-order valence-electron chi connectivity index (χ2n) is 6.57. The van der Waals surface area contributed by atoms with Gasteiger partial charge < -0.3 is 11.1 Å². The molecule has 0 aliphatic rings. The molecule has 0 saturated carbocycles. The molecule has 3 N–H and O–H groups in total. The lowest BCUT2D eigenvalue weighted by Gasteiger charge is -2.09. The highest BCUT2D eigenvalue weighted by atomic mass is 35.5. The zero-order valence-corrected chi connectivity index (χ0v) is 16.2. The first-order chi connectivity index (χ1) is 14.1. The second-order valence-corrected chi connectivity index (χ2v) is 7.01. The van der Waals surface area contributed by atoms with Crippen LogP contribution in [0.1, 0.15) is 5.56 Å². The van der Waals surface area contributed by atoms with Gasteiger partial charge >= 0.3 is 0 Å². The summed E-state index contributed by atoms with van der Waals surface area (Å²) in [5, 5.41) is 4.31. The third kappa shape index (κ3) is 4.45. The van der Waals surface area contributed by atoms with Crippen LogP contribution in [0, 0.1) is 0 Å². The first kappa shape index (κ1) is 18.7. The average Bonchev–Trinajstić information content (AvgIpc) is 2.74. The lowest BCUT2D eigenvalue weighted by Crippen LogP contribution is -2.07. The highest BCUT2D eigenvalue weighted by Crippen LogP contribution is 2.28. The number of hydrogen-bond donors (Lipinski definition) is 2. The highest BCUT2D eigenvalue weighted by Gasteiger charge is 2.07. The van der Waals surface area contributed by atoms with E-state index in [1.165, 1.54) is 6.08 Å². The summed E-state index contributed by atoms with van der Waals surface area (Å²) in [6.07, 6.45) is 3.21. The molecule has 29 heavy (non-hydrogen) atoms. The quantitative estimate of drug-likeness (QED) is 0.427. The zero-order valence-electron chi connectivity index (χ0n) is 15.5. The molecule has 0 spiro atoms. The maximum Gasteiger partial charge on any atom is 0.248 e. The number of nitrogens with two attached hydrogens (primary N) is 1. The van der Waals surface area contributed by atoms with E-state index < -0.39 is 0 Å². The van der Waals surface area contributed by atoms with Gasteiger partial charge in [0.05, 0.1) is 11.2 Å². The number of benzene rings is 3. The Labute approximate surface area is 173 Å². The number of fused-ring (bicyclic) bond motifs is 1. The van der Waals surface area contributed by atoms with Crippen molar-refractivity contribution in [1.29, 1.82) is 0 Å². The smallest absolute Gasteiger partial charge is 0.248 e. The molecule has 142 valence electrons. The van der Waals surface area contributed by atoms with E-state index in [9.17, 15) is 4.79 Å². The minimum Gasteiger partial charge on any atom is -0.398 e. The number of anilines is 2. The van der Waals surface area contributed by atoms with E-state index in [2.05, 4.69) is 5.32 Å². The fraction of sp³-hybridized carbons (Fsp3) is 0. The normalized spacial score (nSPS) is 11.1. The zero-order chi connectivity index (χ0) is 20.2. The van der Waals surface area contributed by atoms with Crippen molar-refractivity contribution in [2.45, 2.75) is 0 Å². The predicted octanol–water partition coefficient (Wildman–Crippen LogP) is 5.79. The number of pyridine rings is 1. The van der Waals surface area contributed by atoms with Crippen LogP contribution in [0.2, 0.25) is 5.02 Å². The molecule has 0 aliphatic carbocycles. The minimum atomic E-state index is -0.230. The van der Waals surface area contributed by atoms with Gasteiger partial charge in [0.15, 0.2) is 0 Å². The van der Waals surface area contributed by atoms with Gasteiger partial charge in [-0.2, -0.15) is 0 Å². The number of carbonyl (C=O) groups excluding carboxylic acids is 1. The van der Waals surface area contributed by atoms with Crippen molar-refractivity contribution >= 4 is 45.9 Å². The molecule has 4 aromatic rings. The summed E-state index contributed by atoms with van der Waals surface area (Å²) in [6, 6.07) is 24.5. The maximum atomic E-state index is 12.2. The Morgan fingerprint density at radius 3 is 2.48 bits per heavy atom. The van der Waals surface area contributed by atoms with Crippen LogP contribution < -0.4 is 11.1 Å². The van der Waals surface area contributed by atoms with Gasteiger partial charge in [-0.1, -0.05) is 54.1 Å². The van der Waals surface area contributed by atoms with Crippen LogP contribution in [0.25, 0.3) is 28.2 Å². The van der Waals surface area contributed by atoms with Gasteiger partial charge in [-0.25, -0.2) is 4.98 Å². The molecule has 1 aromatic heterocycles. The van der Waals surface area contributed by atoms with E-state index >= 15 is 0 Å². The number of amides is 1. The fourth-order valence-corrected chi connectivity index (χ4v) is 3.14. The van der Waals surface area contributed by atoms with Crippen LogP contribution >= 0.6 is 11.6 Å². The molecule has 3 aromatic carbocycles. The molecule has 0 saturated heterocycles. The van der Waals surface area contributed by atoms with Crippen molar-refractivity contribution in [3.63, 3.8) is 0 Å². The number of nitrogens with one attached hydrogen (secondary N) is 1. The number of nitrogen functional groups attached to an aromatic ring is 1. The molecule has 4 rings (SSSR count). The standard InChI is InChI=1S/C24H18ClN3O/c25-18-9-6-16(7-10-18)8-13-24(29)27-19-11-12-22-20(14-19)21(26)15-23(28-22)17-4-2-1-3-5-17/h1-15H,(H2,26,28)(H,27,29). The van der Waals surface area contributed by atoms with Crippen LogP contribution in [0.15, 0.2) is 84.9 Å². The Hall–Kier alpha value is -3.63. The maximum absolute atomic E-state index is 12.2. The average molecular weight is 400 g/mol. The second kappa shape index (κ2) is 8.17. The third-order valence-electron chi connectivity index (χ3n) is 4.47. The van der Waals surface area contributed by atoms with Crippen molar-refractivity contribution in [3.05, 3.63) is 95.5 Å². The molecule has 0 unspecified atom stereocenters. The molecule has 0 radical (unpaired) electrons. The monoisotopic (exact) mass is 399 g/mol. The van der Waals surface area contributed by atoms with Crippen LogP contribution in [0.5, 0.6) is 0 Å². The van der Waals surface area contributed by atoms with Gasteiger partial charge in [-0.15, -0.1) is 0 Å². The van der Waals surface area contributed by atoms with Gasteiger partial charge in [0, 0.05) is 33.4 Å². The van der Waals surface area contributed by atoms with E-state index in [1.807, 2.05) is 66.7 Å². The van der Waals surface area contributed by atoms with E-state index in [0.717, 1.165) is 27.7 Å². The first-order valence-corrected chi connectivity index (χ1v) is 9.47. The molecule has 0 fully saturated rings. The molecule has 0 aliphatic heterocycles. The summed E-state index contributed by atoms with van der Waals surface area (Å²) in [6.45, 7) is 0. The van der Waals surface area contributed by atoms with Crippen molar-refractivity contribution in [2.75, 3.05) is 11.1 Å². The molecule has 1 amide bonds. The molecule has 0 atom stereocenters. The number of aromatic nitrogens is 1. The largest absolute Gasteiger partial charge is 0.398 e. The summed E-state index contributed by atoms with van der Waals surface area (Å²) in [5.74, 6) is -0.230. The number of halogens is 1. The molecular formula is C24H18ClN3O. The van der Waals surface area contributed by atoms with Crippen molar-refractivity contribution in [2.24, 2.45) is 0 Å². The highest BCUT2D eigenvalue weighted by molar-refractivity contribution is 6.30. The van der Waals surface area contributed by atoms with Gasteiger partial charge in [-0.3, -0.25) is 4.79 Å².